The molecule has 112 valence electrons. The van der Waals surface area contributed by atoms with Crippen molar-refractivity contribution < 1.29 is 14.6 Å². The second-order valence-corrected chi connectivity index (χ2v) is 5.88. The van der Waals surface area contributed by atoms with Gasteiger partial charge in [-0.15, -0.1) is 0 Å². The number of methoxy groups -OCH3 is 1. The lowest BCUT2D eigenvalue weighted by atomic mass is 10.1. The van der Waals surface area contributed by atoms with E-state index in [4.69, 9.17) is 21.1 Å². The van der Waals surface area contributed by atoms with Crippen molar-refractivity contribution in [2.75, 3.05) is 7.11 Å². The van der Waals surface area contributed by atoms with Crippen LogP contribution < -0.4 is 9.47 Å². The minimum atomic E-state index is -0.547. The molecule has 2 aromatic carbocycles. The van der Waals surface area contributed by atoms with Crippen LogP contribution in [0.2, 0.25) is 5.02 Å². The van der Waals surface area contributed by atoms with Gasteiger partial charge in [0.25, 0.3) is 0 Å². The average molecular weight is 372 g/mol. The van der Waals surface area contributed by atoms with E-state index in [1.54, 1.807) is 32.2 Å². The highest BCUT2D eigenvalue weighted by molar-refractivity contribution is 9.10. The molecule has 0 heterocycles. The highest BCUT2D eigenvalue weighted by Crippen LogP contribution is 2.30. The smallest absolute Gasteiger partial charge is 0.138 e. The van der Waals surface area contributed by atoms with Gasteiger partial charge in [0.2, 0.25) is 0 Å². The fourth-order valence-corrected chi connectivity index (χ4v) is 2.69. The summed E-state index contributed by atoms with van der Waals surface area (Å²) in [6.07, 6.45) is -0.547. The summed E-state index contributed by atoms with van der Waals surface area (Å²) in [4.78, 5) is 0. The molecular weight excluding hydrogens is 356 g/mol. The number of hydrogen-bond donors (Lipinski definition) is 1. The monoisotopic (exact) mass is 370 g/mol. The summed E-state index contributed by atoms with van der Waals surface area (Å²) in [7, 11) is 1.62. The molecule has 0 aliphatic rings. The topological polar surface area (TPSA) is 38.7 Å². The first-order valence-electron chi connectivity index (χ1n) is 6.44. The van der Waals surface area contributed by atoms with Gasteiger partial charge in [-0.1, -0.05) is 23.7 Å². The normalized spacial score (nSPS) is 12.0. The van der Waals surface area contributed by atoms with E-state index in [1.165, 1.54) is 0 Å². The summed E-state index contributed by atoms with van der Waals surface area (Å²) >= 11 is 9.59. The van der Waals surface area contributed by atoms with Crippen LogP contribution in [0.15, 0.2) is 40.9 Å². The zero-order valence-electron chi connectivity index (χ0n) is 11.8. The number of benzene rings is 2. The molecule has 21 heavy (non-hydrogen) atoms. The SMILES string of the molecule is COc1ccc(COc2ccc([C@@H](C)O)cc2Cl)cc1Br. The van der Waals surface area contributed by atoms with E-state index >= 15 is 0 Å². The summed E-state index contributed by atoms with van der Waals surface area (Å²) in [5.74, 6) is 1.37. The fraction of sp³-hybridized carbons (Fsp3) is 0.250. The predicted molar refractivity (Wildman–Crippen MR) is 87.1 cm³/mol. The number of aliphatic hydroxyl groups is 1. The van der Waals surface area contributed by atoms with Crippen LogP contribution in [-0.2, 0) is 6.61 Å². The van der Waals surface area contributed by atoms with Crippen molar-refractivity contribution in [3.63, 3.8) is 0 Å². The van der Waals surface area contributed by atoms with Gasteiger partial charge in [-0.25, -0.2) is 0 Å². The van der Waals surface area contributed by atoms with Gasteiger partial charge in [-0.2, -0.15) is 0 Å². The average Bonchev–Trinajstić information content (AvgIpc) is 2.46. The third-order valence-electron chi connectivity index (χ3n) is 3.05. The van der Waals surface area contributed by atoms with Crippen molar-refractivity contribution in [1.82, 2.24) is 0 Å². The molecule has 2 rings (SSSR count). The Kier molecular flexibility index (Phi) is 5.51. The van der Waals surface area contributed by atoms with Crippen LogP contribution in [0, 0.1) is 0 Å². The maximum absolute atomic E-state index is 9.51. The van der Waals surface area contributed by atoms with E-state index in [-0.39, 0.29) is 0 Å². The minimum absolute atomic E-state index is 0.399. The van der Waals surface area contributed by atoms with E-state index in [2.05, 4.69) is 15.9 Å². The number of hydrogen-bond acceptors (Lipinski definition) is 3. The van der Waals surface area contributed by atoms with Crippen LogP contribution in [0.3, 0.4) is 0 Å². The highest BCUT2D eigenvalue weighted by Gasteiger charge is 2.08. The van der Waals surface area contributed by atoms with Crippen LogP contribution >= 0.6 is 27.5 Å². The third kappa shape index (κ3) is 4.13. The zero-order chi connectivity index (χ0) is 15.4. The Bertz CT molecular complexity index is 629. The van der Waals surface area contributed by atoms with Crippen molar-refractivity contribution >= 4 is 27.5 Å². The van der Waals surface area contributed by atoms with Crippen molar-refractivity contribution in [1.29, 1.82) is 0 Å². The van der Waals surface area contributed by atoms with Crippen molar-refractivity contribution in [2.45, 2.75) is 19.6 Å². The summed E-state index contributed by atoms with van der Waals surface area (Å²) < 4.78 is 11.8. The van der Waals surface area contributed by atoms with Crippen LogP contribution in [0.5, 0.6) is 11.5 Å². The highest BCUT2D eigenvalue weighted by atomic mass is 79.9. The van der Waals surface area contributed by atoms with Gasteiger partial charge < -0.3 is 14.6 Å². The van der Waals surface area contributed by atoms with Gasteiger partial charge in [0.15, 0.2) is 0 Å². The Balaban J connectivity index is 2.08. The molecule has 0 aromatic heterocycles. The molecule has 0 radical (unpaired) electrons. The van der Waals surface area contributed by atoms with E-state index in [0.717, 1.165) is 21.3 Å². The molecule has 5 heteroatoms. The number of ether oxygens (including phenoxy) is 2. The molecule has 0 spiro atoms. The van der Waals surface area contributed by atoms with Gasteiger partial charge in [0.05, 0.1) is 22.7 Å². The van der Waals surface area contributed by atoms with Crippen LogP contribution in [0.4, 0.5) is 0 Å². The zero-order valence-corrected chi connectivity index (χ0v) is 14.1. The van der Waals surface area contributed by atoms with Crippen LogP contribution in [-0.4, -0.2) is 12.2 Å². The lowest BCUT2D eigenvalue weighted by Crippen LogP contribution is -1.98. The first kappa shape index (κ1) is 16.1. The maximum Gasteiger partial charge on any atom is 0.138 e. The van der Waals surface area contributed by atoms with Gasteiger partial charge >= 0.3 is 0 Å². The Hall–Kier alpha value is -1.23. The molecule has 0 aliphatic heterocycles. The molecule has 0 fully saturated rings. The molecule has 0 aliphatic carbocycles. The van der Waals surface area contributed by atoms with Crippen LogP contribution in [0.1, 0.15) is 24.2 Å². The second kappa shape index (κ2) is 7.16. The molecular formula is C16H16BrClO3. The lowest BCUT2D eigenvalue weighted by Gasteiger charge is -2.11. The maximum atomic E-state index is 9.51. The van der Waals surface area contributed by atoms with Crippen molar-refractivity contribution in [3.05, 3.63) is 57.0 Å². The van der Waals surface area contributed by atoms with Crippen molar-refractivity contribution in [3.8, 4) is 11.5 Å². The first-order chi connectivity index (χ1) is 10.0. The summed E-state index contributed by atoms with van der Waals surface area (Å²) in [5, 5.41) is 10.00. The Morgan fingerprint density at radius 1 is 1.19 bits per heavy atom. The predicted octanol–water partition coefficient (Wildman–Crippen LogP) is 4.74. The molecule has 2 aromatic rings. The molecule has 0 bridgehead atoms. The van der Waals surface area contributed by atoms with Gasteiger partial charge in [-0.3, -0.25) is 0 Å². The molecule has 0 saturated carbocycles. The number of rotatable bonds is 5. The van der Waals surface area contributed by atoms with E-state index in [9.17, 15) is 5.11 Å². The van der Waals surface area contributed by atoms with E-state index in [0.29, 0.717) is 17.4 Å². The molecule has 1 N–H and O–H groups in total. The standard InChI is InChI=1S/C16H16BrClO3/c1-10(19)12-4-6-16(14(18)8-12)21-9-11-3-5-15(20-2)13(17)7-11/h3-8,10,19H,9H2,1-2H3/t10-/m1/s1. The summed E-state index contributed by atoms with van der Waals surface area (Å²) in [6.45, 7) is 2.09. The Morgan fingerprint density at radius 3 is 2.48 bits per heavy atom. The fourth-order valence-electron chi connectivity index (χ4n) is 1.85. The van der Waals surface area contributed by atoms with Gasteiger partial charge in [-0.05, 0) is 58.2 Å². The molecule has 3 nitrogen and oxygen atoms in total. The number of halogens is 2. The second-order valence-electron chi connectivity index (χ2n) is 4.62. The molecule has 1 atom stereocenters. The first-order valence-corrected chi connectivity index (χ1v) is 7.61. The Labute approximate surface area is 137 Å². The van der Waals surface area contributed by atoms with Gasteiger partial charge in [0.1, 0.15) is 18.1 Å². The molecule has 0 saturated heterocycles. The minimum Gasteiger partial charge on any atom is -0.496 e. The molecule has 0 unspecified atom stereocenters. The van der Waals surface area contributed by atoms with E-state index in [1.807, 2.05) is 18.2 Å². The summed E-state index contributed by atoms with van der Waals surface area (Å²) in [5.41, 5.74) is 1.76. The largest absolute Gasteiger partial charge is 0.496 e. The van der Waals surface area contributed by atoms with Crippen LogP contribution in [0.25, 0.3) is 0 Å². The lowest BCUT2D eigenvalue weighted by molar-refractivity contribution is 0.199. The van der Waals surface area contributed by atoms with Crippen molar-refractivity contribution in [2.24, 2.45) is 0 Å². The van der Waals surface area contributed by atoms with E-state index < -0.39 is 6.10 Å². The molecule has 0 amide bonds. The quantitative estimate of drug-likeness (QED) is 0.825. The van der Waals surface area contributed by atoms with Gasteiger partial charge in [0, 0.05) is 0 Å². The number of aliphatic hydroxyl groups excluding tert-OH is 1. The summed E-state index contributed by atoms with van der Waals surface area (Å²) in [6, 6.07) is 11.0. The Morgan fingerprint density at radius 2 is 1.90 bits per heavy atom. The third-order valence-corrected chi connectivity index (χ3v) is 3.96.